The van der Waals surface area contributed by atoms with Crippen molar-refractivity contribution in [2.24, 2.45) is 0 Å². The van der Waals surface area contributed by atoms with Crippen LogP contribution in [-0.2, 0) is 5.41 Å². The molecular formula is C13H20N2S. The van der Waals surface area contributed by atoms with Crippen molar-refractivity contribution in [3.05, 3.63) is 22.4 Å². The number of hydrogen-bond acceptors (Lipinski definition) is 3. The highest BCUT2D eigenvalue weighted by Crippen LogP contribution is 2.26. The molecule has 2 nitrogen and oxygen atoms in total. The predicted octanol–water partition coefficient (Wildman–Crippen LogP) is 3.31. The minimum absolute atomic E-state index is 0.212. The topological polar surface area (TPSA) is 35.8 Å². The number of nitrogens with one attached hydrogen (secondary N) is 1. The van der Waals surface area contributed by atoms with Gasteiger partial charge in [0.15, 0.2) is 0 Å². The number of nitriles is 1. The molecule has 0 spiro atoms. The van der Waals surface area contributed by atoms with E-state index < -0.39 is 0 Å². The Bertz CT molecular complexity index is 322. The smallest absolute Gasteiger partial charge is 0.0621 e. The van der Waals surface area contributed by atoms with Gasteiger partial charge in [-0.2, -0.15) is 5.26 Å². The summed E-state index contributed by atoms with van der Waals surface area (Å²) in [6, 6.07) is 6.47. The molecule has 0 unspecified atom stereocenters. The van der Waals surface area contributed by atoms with Gasteiger partial charge in [-0.25, -0.2) is 0 Å². The molecule has 3 heteroatoms. The van der Waals surface area contributed by atoms with E-state index in [9.17, 15) is 0 Å². The van der Waals surface area contributed by atoms with Crippen molar-refractivity contribution in [3.63, 3.8) is 0 Å². The van der Waals surface area contributed by atoms with E-state index in [-0.39, 0.29) is 5.41 Å². The molecule has 88 valence electrons. The lowest BCUT2D eigenvalue weighted by Crippen LogP contribution is -2.32. The van der Waals surface area contributed by atoms with Gasteiger partial charge in [-0.1, -0.05) is 19.9 Å². The minimum Gasteiger partial charge on any atom is -0.316 e. The Labute approximate surface area is 102 Å². The number of rotatable bonds is 7. The van der Waals surface area contributed by atoms with Crippen LogP contribution >= 0.6 is 11.3 Å². The van der Waals surface area contributed by atoms with Crippen molar-refractivity contribution in [1.82, 2.24) is 5.32 Å². The fourth-order valence-electron chi connectivity index (χ4n) is 1.61. The van der Waals surface area contributed by atoms with Crippen LogP contribution in [0.2, 0.25) is 0 Å². The number of hydrogen-bond donors (Lipinski definition) is 1. The van der Waals surface area contributed by atoms with Crippen molar-refractivity contribution in [1.29, 1.82) is 5.26 Å². The van der Waals surface area contributed by atoms with Crippen LogP contribution in [0.25, 0.3) is 0 Å². The van der Waals surface area contributed by atoms with Crippen LogP contribution in [0.5, 0.6) is 0 Å². The van der Waals surface area contributed by atoms with E-state index in [1.165, 1.54) is 4.88 Å². The summed E-state index contributed by atoms with van der Waals surface area (Å²) in [6.45, 7) is 6.54. The Balaban J connectivity index is 2.20. The maximum absolute atomic E-state index is 8.41. The molecule has 0 aliphatic carbocycles. The maximum Gasteiger partial charge on any atom is 0.0621 e. The molecule has 0 aromatic carbocycles. The second kappa shape index (κ2) is 6.67. The zero-order valence-electron chi connectivity index (χ0n) is 10.1. The van der Waals surface area contributed by atoms with Gasteiger partial charge in [0.2, 0.25) is 0 Å². The molecule has 0 saturated heterocycles. The monoisotopic (exact) mass is 236 g/mol. The summed E-state index contributed by atoms with van der Waals surface area (Å²) >= 11 is 1.82. The first kappa shape index (κ1) is 13.2. The highest BCUT2D eigenvalue weighted by Gasteiger charge is 2.20. The van der Waals surface area contributed by atoms with Gasteiger partial charge in [-0.05, 0) is 30.8 Å². The Kier molecular flexibility index (Phi) is 5.51. The number of nitrogens with zero attached hydrogens (tertiary/aromatic N) is 1. The lowest BCUT2D eigenvalue weighted by atomic mass is 9.91. The van der Waals surface area contributed by atoms with Crippen LogP contribution in [0.3, 0.4) is 0 Å². The summed E-state index contributed by atoms with van der Waals surface area (Å²) in [5.74, 6) is 0. The molecule has 1 heterocycles. The van der Waals surface area contributed by atoms with Gasteiger partial charge in [-0.3, -0.25) is 0 Å². The normalized spacial score (nSPS) is 11.3. The largest absolute Gasteiger partial charge is 0.316 e. The fraction of sp³-hybridized carbons (Fsp3) is 0.615. The molecule has 0 atom stereocenters. The summed E-state index contributed by atoms with van der Waals surface area (Å²) in [7, 11) is 0. The molecule has 1 rings (SSSR count). The van der Waals surface area contributed by atoms with E-state index in [1.807, 2.05) is 11.3 Å². The molecule has 0 fully saturated rings. The summed E-state index contributed by atoms with van der Waals surface area (Å²) in [5, 5.41) is 14.0. The van der Waals surface area contributed by atoms with E-state index in [2.05, 4.69) is 42.7 Å². The standard InChI is InChI=1S/C13H20N2S/c1-13(2,12-7-6-10-16-12)11-15-9-5-3-4-8-14/h6-7,10,15H,3-5,9,11H2,1-2H3. The quantitative estimate of drug-likeness (QED) is 0.737. The zero-order valence-corrected chi connectivity index (χ0v) is 10.9. The molecule has 0 bridgehead atoms. The average molecular weight is 236 g/mol. The number of thiophene rings is 1. The van der Waals surface area contributed by atoms with E-state index in [0.29, 0.717) is 6.42 Å². The minimum atomic E-state index is 0.212. The Hall–Kier alpha value is -0.850. The molecule has 0 amide bonds. The van der Waals surface area contributed by atoms with Gasteiger partial charge >= 0.3 is 0 Å². The third-order valence-corrected chi connectivity index (χ3v) is 3.88. The first-order valence-corrected chi connectivity index (χ1v) is 6.66. The van der Waals surface area contributed by atoms with E-state index >= 15 is 0 Å². The van der Waals surface area contributed by atoms with Gasteiger partial charge in [0, 0.05) is 23.3 Å². The highest BCUT2D eigenvalue weighted by atomic mass is 32.1. The lowest BCUT2D eigenvalue weighted by Gasteiger charge is -2.23. The zero-order chi connectivity index (χ0) is 11.9. The van der Waals surface area contributed by atoms with E-state index in [4.69, 9.17) is 5.26 Å². The maximum atomic E-state index is 8.41. The third kappa shape index (κ3) is 4.34. The van der Waals surface area contributed by atoms with Crippen molar-refractivity contribution < 1.29 is 0 Å². The molecule has 0 radical (unpaired) electrons. The third-order valence-electron chi connectivity index (χ3n) is 2.65. The van der Waals surface area contributed by atoms with Crippen LogP contribution in [0.1, 0.15) is 38.0 Å². The van der Waals surface area contributed by atoms with Crippen molar-refractivity contribution in [3.8, 4) is 6.07 Å². The van der Waals surface area contributed by atoms with Crippen LogP contribution in [0, 0.1) is 11.3 Å². The Morgan fingerprint density at radius 3 is 2.88 bits per heavy atom. The first-order chi connectivity index (χ1) is 7.67. The van der Waals surface area contributed by atoms with Gasteiger partial charge in [0.25, 0.3) is 0 Å². The molecule has 1 aromatic rings. The van der Waals surface area contributed by atoms with Crippen molar-refractivity contribution in [2.75, 3.05) is 13.1 Å². The second-order valence-electron chi connectivity index (χ2n) is 4.65. The predicted molar refractivity (Wildman–Crippen MR) is 69.7 cm³/mol. The summed E-state index contributed by atoms with van der Waals surface area (Å²) in [5.41, 5.74) is 0.212. The van der Waals surface area contributed by atoms with Gasteiger partial charge in [0.1, 0.15) is 0 Å². The van der Waals surface area contributed by atoms with E-state index in [0.717, 1.165) is 25.9 Å². The average Bonchev–Trinajstić information content (AvgIpc) is 2.77. The molecule has 1 N–H and O–H groups in total. The van der Waals surface area contributed by atoms with Gasteiger partial charge < -0.3 is 5.32 Å². The molecular weight excluding hydrogens is 216 g/mol. The lowest BCUT2D eigenvalue weighted by molar-refractivity contribution is 0.471. The first-order valence-electron chi connectivity index (χ1n) is 5.78. The van der Waals surface area contributed by atoms with Crippen molar-refractivity contribution >= 4 is 11.3 Å². The van der Waals surface area contributed by atoms with Crippen molar-refractivity contribution in [2.45, 2.75) is 38.5 Å². The van der Waals surface area contributed by atoms with Crippen LogP contribution < -0.4 is 5.32 Å². The number of unbranched alkanes of at least 4 members (excludes halogenated alkanes) is 2. The van der Waals surface area contributed by atoms with E-state index in [1.54, 1.807) is 0 Å². The molecule has 16 heavy (non-hydrogen) atoms. The molecule has 1 aromatic heterocycles. The summed E-state index contributed by atoms with van der Waals surface area (Å²) in [6.07, 6.45) is 2.77. The van der Waals surface area contributed by atoms with Gasteiger partial charge in [-0.15, -0.1) is 11.3 Å². The fourth-order valence-corrected chi connectivity index (χ4v) is 2.46. The SMILES string of the molecule is CC(C)(CNCCCCC#N)c1cccs1. The van der Waals surface area contributed by atoms with Crippen LogP contribution in [-0.4, -0.2) is 13.1 Å². The Morgan fingerprint density at radius 2 is 2.25 bits per heavy atom. The van der Waals surface area contributed by atoms with Gasteiger partial charge in [0.05, 0.1) is 6.07 Å². The van der Waals surface area contributed by atoms with Crippen LogP contribution in [0.4, 0.5) is 0 Å². The summed E-state index contributed by atoms with van der Waals surface area (Å²) in [4.78, 5) is 1.43. The molecule has 0 aliphatic heterocycles. The molecule has 0 aliphatic rings. The molecule has 0 saturated carbocycles. The summed E-state index contributed by atoms with van der Waals surface area (Å²) < 4.78 is 0. The highest BCUT2D eigenvalue weighted by molar-refractivity contribution is 7.10. The second-order valence-corrected chi connectivity index (χ2v) is 5.60. The van der Waals surface area contributed by atoms with Crippen LogP contribution in [0.15, 0.2) is 17.5 Å². The Morgan fingerprint density at radius 1 is 1.44 bits per heavy atom.